The van der Waals surface area contributed by atoms with Gasteiger partial charge in [-0.1, -0.05) is 164 Å². The Labute approximate surface area is 309 Å². The molecule has 0 fully saturated rings. The van der Waals surface area contributed by atoms with E-state index in [1.54, 1.807) is 0 Å². The second-order valence-corrected chi connectivity index (χ2v) is 13.7. The van der Waals surface area contributed by atoms with E-state index < -0.39 is 6.10 Å². The number of ether oxygens (including phenoxy) is 2. The first-order valence-corrected chi connectivity index (χ1v) is 20.8. The summed E-state index contributed by atoms with van der Waals surface area (Å²) < 4.78 is 10.6. The molecule has 0 spiro atoms. The van der Waals surface area contributed by atoms with Gasteiger partial charge in [-0.2, -0.15) is 0 Å². The SMILES string of the molecule is CC/C=C\C/C=C\C/C=C\C/C=C\CCCCCCC(=O)OC[C@H](CO)OC(=O)CCCCCCCCCCC/C=C\CCCCCCCC. The maximum absolute atomic E-state index is 12.2. The summed E-state index contributed by atoms with van der Waals surface area (Å²) in [6, 6.07) is 0. The first-order valence-electron chi connectivity index (χ1n) is 20.8. The number of carbonyl (C=O) groups excluding carboxylic acids is 2. The van der Waals surface area contributed by atoms with Gasteiger partial charge in [-0.3, -0.25) is 9.59 Å². The summed E-state index contributed by atoms with van der Waals surface area (Å²) in [4.78, 5) is 24.3. The fraction of sp³-hybridized carbons (Fsp3) is 0.733. The lowest BCUT2D eigenvalue weighted by atomic mass is 10.1. The Bertz CT molecular complexity index is 884. The molecule has 0 rings (SSSR count). The zero-order chi connectivity index (χ0) is 36.4. The molecule has 0 radical (unpaired) electrons. The topological polar surface area (TPSA) is 72.8 Å². The molecule has 1 atom stereocenters. The molecule has 0 bridgehead atoms. The quantitative estimate of drug-likeness (QED) is 0.0397. The van der Waals surface area contributed by atoms with E-state index in [9.17, 15) is 14.7 Å². The molecule has 0 unspecified atom stereocenters. The molecule has 50 heavy (non-hydrogen) atoms. The van der Waals surface area contributed by atoms with Crippen molar-refractivity contribution in [3.05, 3.63) is 60.8 Å². The van der Waals surface area contributed by atoms with Crippen molar-refractivity contribution in [1.82, 2.24) is 0 Å². The predicted octanol–water partition coefficient (Wildman–Crippen LogP) is 13.2. The number of carbonyl (C=O) groups is 2. The number of aliphatic hydroxyl groups excluding tert-OH is 1. The molecule has 0 aromatic heterocycles. The maximum Gasteiger partial charge on any atom is 0.306 e. The van der Waals surface area contributed by atoms with E-state index in [-0.39, 0.29) is 25.2 Å². The lowest BCUT2D eigenvalue weighted by Crippen LogP contribution is -2.28. The summed E-state index contributed by atoms with van der Waals surface area (Å²) in [6.07, 6.45) is 52.8. The summed E-state index contributed by atoms with van der Waals surface area (Å²) in [5.41, 5.74) is 0. The van der Waals surface area contributed by atoms with Crippen molar-refractivity contribution in [1.29, 1.82) is 0 Å². The lowest BCUT2D eigenvalue weighted by molar-refractivity contribution is -0.161. The van der Waals surface area contributed by atoms with Crippen molar-refractivity contribution in [3.63, 3.8) is 0 Å². The Hall–Kier alpha value is -2.40. The van der Waals surface area contributed by atoms with Crippen molar-refractivity contribution < 1.29 is 24.2 Å². The van der Waals surface area contributed by atoms with E-state index in [1.165, 1.54) is 89.9 Å². The van der Waals surface area contributed by atoms with Crippen molar-refractivity contribution >= 4 is 11.9 Å². The van der Waals surface area contributed by atoms with Gasteiger partial charge in [0, 0.05) is 12.8 Å². The minimum absolute atomic E-state index is 0.0810. The van der Waals surface area contributed by atoms with Gasteiger partial charge in [0.15, 0.2) is 6.10 Å². The third-order valence-corrected chi connectivity index (χ3v) is 8.80. The van der Waals surface area contributed by atoms with Crippen LogP contribution in [0, 0.1) is 0 Å². The van der Waals surface area contributed by atoms with Crippen LogP contribution >= 0.6 is 0 Å². The molecule has 0 aromatic rings. The fourth-order valence-corrected chi connectivity index (χ4v) is 5.66. The van der Waals surface area contributed by atoms with Crippen LogP contribution < -0.4 is 0 Å². The number of hydrogen-bond acceptors (Lipinski definition) is 5. The van der Waals surface area contributed by atoms with Crippen LogP contribution in [0.5, 0.6) is 0 Å². The van der Waals surface area contributed by atoms with Crippen LogP contribution in [0.1, 0.15) is 194 Å². The highest BCUT2D eigenvalue weighted by molar-refractivity contribution is 5.70. The molecular formula is C45H78O5. The predicted molar refractivity (Wildman–Crippen MR) is 214 cm³/mol. The Morgan fingerprint density at radius 1 is 0.480 bits per heavy atom. The van der Waals surface area contributed by atoms with Gasteiger partial charge >= 0.3 is 11.9 Å². The number of aliphatic hydroxyl groups is 1. The molecule has 0 aromatic carbocycles. The molecule has 288 valence electrons. The van der Waals surface area contributed by atoms with Crippen LogP contribution in [0.2, 0.25) is 0 Å². The van der Waals surface area contributed by atoms with Crippen molar-refractivity contribution in [2.75, 3.05) is 13.2 Å². The van der Waals surface area contributed by atoms with Gasteiger partial charge in [0.05, 0.1) is 6.61 Å². The van der Waals surface area contributed by atoms with E-state index in [0.717, 1.165) is 77.0 Å². The van der Waals surface area contributed by atoms with Crippen molar-refractivity contribution in [2.24, 2.45) is 0 Å². The largest absolute Gasteiger partial charge is 0.462 e. The molecule has 0 saturated carbocycles. The summed E-state index contributed by atoms with van der Waals surface area (Å²) in [5.74, 6) is -0.622. The second kappa shape index (κ2) is 41.0. The summed E-state index contributed by atoms with van der Waals surface area (Å²) >= 11 is 0. The van der Waals surface area contributed by atoms with Gasteiger partial charge in [-0.25, -0.2) is 0 Å². The van der Waals surface area contributed by atoms with Crippen LogP contribution in [-0.4, -0.2) is 36.4 Å². The highest BCUT2D eigenvalue weighted by atomic mass is 16.6. The highest BCUT2D eigenvalue weighted by Gasteiger charge is 2.16. The molecule has 0 amide bonds. The van der Waals surface area contributed by atoms with Crippen LogP contribution in [0.15, 0.2) is 60.8 Å². The standard InChI is InChI=1S/C45H78O5/c1-3-5-7-9-11-13-15-17-19-21-22-24-26-28-30-32-34-36-38-40-45(48)50-43(41-46)42-49-44(47)39-37-35-33-31-29-27-25-23-20-18-16-14-12-10-8-6-4-2/h6,8,12,14,17-20,25,27,43,46H,3-5,7,9-11,13,15-16,21-24,26,28-42H2,1-2H3/b8-6-,14-12-,19-17-,20-18-,27-25-/t43-/m0/s1. The second-order valence-electron chi connectivity index (χ2n) is 13.7. The smallest absolute Gasteiger partial charge is 0.306 e. The Morgan fingerprint density at radius 2 is 0.860 bits per heavy atom. The first-order chi connectivity index (χ1) is 24.6. The van der Waals surface area contributed by atoms with Crippen LogP contribution in [0.3, 0.4) is 0 Å². The molecular weight excluding hydrogens is 620 g/mol. The third-order valence-electron chi connectivity index (χ3n) is 8.80. The van der Waals surface area contributed by atoms with Gasteiger partial charge < -0.3 is 14.6 Å². The average molecular weight is 699 g/mol. The summed E-state index contributed by atoms with van der Waals surface area (Å²) in [6.45, 7) is 4.00. The number of rotatable bonds is 37. The summed E-state index contributed by atoms with van der Waals surface area (Å²) in [5, 5.41) is 9.57. The molecule has 0 aliphatic heterocycles. The molecule has 0 aliphatic rings. The van der Waals surface area contributed by atoms with Crippen molar-refractivity contribution in [3.8, 4) is 0 Å². The number of hydrogen-bond donors (Lipinski definition) is 1. The molecule has 5 heteroatoms. The van der Waals surface area contributed by atoms with E-state index in [1.807, 2.05) is 0 Å². The average Bonchev–Trinajstić information content (AvgIpc) is 3.12. The molecule has 1 N–H and O–H groups in total. The van der Waals surface area contributed by atoms with Gasteiger partial charge in [0.1, 0.15) is 6.61 Å². The van der Waals surface area contributed by atoms with Crippen molar-refractivity contribution in [2.45, 2.75) is 200 Å². The normalized spacial score (nSPS) is 12.8. The number of esters is 2. The zero-order valence-electron chi connectivity index (χ0n) is 32.6. The Balaban J connectivity index is 3.59. The first kappa shape index (κ1) is 47.6. The van der Waals surface area contributed by atoms with Gasteiger partial charge in [0.2, 0.25) is 0 Å². The van der Waals surface area contributed by atoms with Gasteiger partial charge in [-0.15, -0.1) is 0 Å². The fourth-order valence-electron chi connectivity index (χ4n) is 5.66. The number of allylic oxidation sites excluding steroid dienone is 10. The lowest BCUT2D eigenvalue weighted by Gasteiger charge is -2.15. The van der Waals surface area contributed by atoms with Gasteiger partial charge in [0.25, 0.3) is 0 Å². The molecule has 0 heterocycles. The molecule has 0 aliphatic carbocycles. The van der Waals surface area contributed by atoms with Crippen LogP contribution in [0.4, 0.5) is 0 Å². The molecule has 0 saturated heterocycles. The van der Waals surface area contributed by atoms with Crippen LogP contribution in [0.25, 0.3) is 0 Å². The summed E-state index contributed by atoms with van der Waals surface area (Å²) in [7, 11) is 0. The zero-order valence-corrected chi connectivity index (χ0v) is 32.6. The highest BCUT2D eigenvalue weighted by Crippen LogP contribution is 2.13. The van der Waals surface area contributed by atoms with E-state index >= 15 is 0 Å². The Kier molecular flexibility index (Phi) is 39.1. The number of unbranched alkanes of at least 4 members (excludes halogenated alkanes) is 19. The Morgan fingerprint density at radius 3 is 1.32 bits per heavy atom. The third kappa shape index (κ3) is 38.4. The molecule has 5 nitrogen and oxygen atoms in total. The van der Waals surface area contributed by atoms with E-state index in [0.29, 0.717) is 12.8 Å². The monoisotopic (exact) mass is 699 g/mol. The maximum atomic E-state index is 12.2. The minimum Gasteiger partial charge on any atom is -0.462 e. The van der Waals surface area contributed by atoms with Crippen LogP contribution in [-0.2, 0) is 19.1 Å². The van der Waals surface area contributed by atoms with Gasteiger partial charge in [-0.05, 0) is 77.0 Å². The van der Waals surface area contributed by atoms with E-state index in [4.69, 9.17) is 9.47 Å². The minimum atomic E-state index is -0.784. The van der Waals surface area contributed by atoms with E-state index in [2.05, 4.69) is 74.6 Å².